The van der Waals surface area contributed by atoms with Gasteiger partial charge in [-0.2, -0.15) is 0 Å². The number of aromatic nitrogens is 2. The molecule has 1 aromatic heterocycles. The first-order valence-corrected chi connectivity index (χ1v) is 9.83. The second-order valence-corrected chi connectivity index (χ2v) is 7.47. The maximum atomic E-state index is 13.0. The van der Waals surface area contributed by atoms with Crippen molar-refractivity contribution in [1.82, 2.24) is 19.8 Å². The summed E-state index contributed by atoms with van der Waals surface area (Å²) in [5.41, 5.74) is 0. The number of nitrogens with zero attached hydrogens (tertiary/aromatic N) is 4. The first kappa shape index (κ1) is 18.9. The Labute approximate surface area is 164 Å². The van der Waals surface area contributed by atoms with Gasteiger partial charge in [-0.25, -0.2) is 9.97 Å². The Balaban J connectivity index is 1.33. The molecule has 9 heteroatoms. The third kappa shape index (κ3) is 3.89. The monoisotopic (exact) mass is 390 g/mol. The molecule has 4 heterocycles. The molecule has 4 rings (SSSR count). The lowest BCUT2D eigenvalue weighted by molar-refractivity contribution is -0.135. The fraction of sp³-hybridized carbons (Fsp3) is 0.684. The summed E-state index contributed by atoms with van der Waals surface area (Å²) in [5, 5.41) is 0. The molecular formula is C19H26N4O5. The fourth-order valence-corrected chi connectivity index (χ4v) is 4.22. The molecule has 2 amide bonds. The van der Waals surface area contributed by atoms with Gasteiger partial charge in [0.2, 0.25) is 11.8 Å². The third-order valence-electron chi connectivity index (χ3n) is 5.70. The van der Waals surface area contributed by atoms with Gasteiger partial charge in [0.25, 0.3) is 11.8 Å². The summed E-state index contributed by atoms with van der Waals surface area (Å²) in [7, 11) is 1.52. The Morgan fingerprint density at radius 2 is 1.89 bits per heavy atom. The SMILES string of the molecule is COc1nccnc1OC1CCN(C(=O)C2CC(=O)N(C3CCOCC3)C2)C1. The van der Waals surface area contributed by atoms with Crippen LogP contribution in [0.25, 0.3) is 0 Å². The molecule has 0 spiro atoms. The minimum absolute atomic E-state index is 0.0418. The van der Waals surface area contributed by atoms with Crippen molar-refractivity contribution in [3.05, 3.63) is 12.4 Å². The highest BCUT2D eigenvalue weighted by Crippen LogP contribution is 2.28. The Hall–Kier alpha value is -2.42. The van der Waals surface area contributed by atoms with E-state index in [9.17, 15) is 9.59 Å². The van der Waals surface area contributed by atoms with Crippen LogP contribution in [0.4, 0.5) is 0 Å². The molecule has 3 aliphatic heterocycles. The molecule has 28 heavy (non-hydrogen) atoms. The van der Waals surface area contributed by atoms with Gasteiger partial charge in [0, 0.05) is 57.6 Å². The van der Waals surface area contributed by atoms with Crippen LogP contribution in [0.3, 0.4) is 0 Å². The molecule has 3 fully saturated rings. The topological polar surface area (TPSA) is 94.1 Å². The second-order valence-electron chi connectivity index (χ2n) is 7.47. The van der Waals surface area contributed by atoms with Crippen molar-refractivity contribution in [2.24, 2.45) is 5.92 Å². The quantitative estimate of drug-likeness (QED) is 0.722. The lowest BCUT2D eigenvalue weighted by Gasteiger charge is -2.31. The number of carbonyl (C=O) groups is 2. The number of likely N-dealkylation sites (tertiary alicyclic amines) is 2. The number of rotatable bonds is 5. The summed E-state index contributed by atoms with van der Waals surface area (Å²) in [5.74, 6) is 0.536. The largest absolute Gasteiger partial charge is 0.477 e. The number of hydrogen-bond donors (Lipinski definition) is 0. The van der Waals surface area contributed by atoms with Crippen LogP contribution in [0, 0.1) is 5.92 Å². The van der Waals surface area contributed by atoms with E-state index in [2.05, 4.69) is 9.97 Å². The van der Waals surface area contributed by atoms with Gasteiger partial charge in [0.1, 0.15) is 6.10 Å². The maximum absolute atomic E-state index is 13.0. The predicted molar refractivity (Wildman–Crippen MR) is 97.9 cm³/mol. The molecule has 152 valence electrons. The molecule has 3 aliphatic rings. The summed E-state index contributed by atoms with van der Waals surface area (Å²) in [6, 6.07) is 0.206. The van der Waals surface area contributed by atoms with Gasteiger partial charge in [0.15, 0.2) is 0 Å². The van der Waals surface area contributed by atoms with Crippen molar-refractivity contribution in [3.63, 3.8) is 0 Å². The Morgan fingerprint density at radius 3 is 2.64 bits per heavy atom. The van der Waals surface area contributed by atoms with E-state index >= 15 is 0 Å². The normalized spacial score (nSPS) is 26.0. The van der Waals surface area contributed by atoms with Crippen molar-refractivity contribution < 1.29 is 23.8 Å². The molecule has 0 radical (unpaired) electrons. The smallest absolute Gasteiger partial charge is 0.278 e. The molecular weight excluding hydrogens is 364 g/mol. The van der Waals surface area contributed by atoms with E-state index in [0.717, 1.165) is 19.3 Å². The van der Waals surface area contributed by atoms with Crippen molar-refractivity contribution in [1.29, 1.82) is 0 Å². The number of amides is 2. The fourth-order valence-electron chi connectivity index (χ4n) is 4.22. The highest BCUT2D eigenvalue weighted by atomic mass is 16.5. The molecule has 2 unspecified atom stereocenters. The van der Waals surface area contributed by atoms with Crippen LogP contribution in [0.2, 0.25) is 0 Å². The van der Waals surface area contributed by atoms with E-state index in [1.165, 1.54) is 13.3 Å². The molecule has 0 aliphatic carbocycles. The van der Waals surface area contributed by atoms with E-state index < -0.39 is 0 Å². The third-order valence-corrected chi connectivity index (χ3v) is 5.70. The lowest BCUT2D eigenvalue weighted by atomic mass is 10.1. The summed E-state index contributed by atoms with van der Waals surface area (Å²) >= 11 is 0. The number of ether oxygens (including phenoxy) is 3. The molecule has 2 atom stereocenters. The Kier molecular flexibility index (Phi) is 5.61. The first-order chi connectivity index (χ1) is 13.7. The minimum Gasteiger partial charge on any atom is -0.477 e. The van der Waals surface area contributed by atoms with Crippen LogP contribution in [-0.4, -0.2) is 83.7 Å². The van der Waals surface area contributed by atoms with Crippen LogP contribution >= 0.6 is 0 Å². The zero-order valence-electron chi connectivity index (χ0n) is 16.1. The van der Waals surface area contributed by atoms with Gasteiger partial charge < -0.3 is 24.0 Å². The second kappa shape index (κ2) is 8.30. The summed E-state index contributed by atoms with van der Waals surface area (Å²) in [4.78, 5) is 37.3. The number of hydrogen-bond acceptors (Lipinski definition) is 7. The summed E-state index contributed by atoms with van der Waals surface area (Å²) in [6.45, 7) is 2.99. The Bertz CT molecular complexity index is 724. The van der Waals surface area contributed by atoms with Crippen LogP contribution in [0.5, 0.6) is 11.8 Å². The molecule has 0 bridgehead atoms. The first-order valence-electron chi connectivity index (χ1n) is 9.83. The average Bonchev–Trinajstić information content (AvgIpc) is 3.35. The van der Waals surface area contributed by atoms with Crippen LogP contribution in [0.15, 0.2) is 12.4 Å². The Morgan fingerprint density at radius 1 is 1.14 bits per heavy atom. The van der Waals surface area contributed by atoms with Gasteiger partial charge in [-0.1, -0.05) is 0 Å². The van der Waals surface area contributed by atoms with E-state index in [-0.39, 0.29) is 29.9 Å². The van der Waals surface area contributed by atoms with Gasteiger partial charge in [-0.05, 0) is 12.8 Å². The zero-order chi connectivity index (χ0) is 19.5. The van der Waals surface area contributed by atoms with E-state index in [4.69, 9.17) is 14.2 Å². The van der Waals surface area contributed by atoms with Crippen molar-refractivity contribution in [2.75, 3.05) is 40.0 Å². The van der Waals surface area contributed by atoms with Crippen LogP contribution in [-0.2, 0) is 14.3 Å². The average molecular weight is 390 g/mol. The molecule has 1 aromatic rings. The van der Waals surface area contributed by atoms with E-state index in [0.29, 0.717) is 51.0 Å². The zero-order valence-corrected chi connectivity index (χ0v) is 16.1. The standard InChI is InChI=1S/C19H26N4O5/c1-26-17-18(21-6-5-20-17)28-15-2-7-22(12-15)19(25)13-10-16(24)23(11-13)14-3-8-27-9-4-14/h5-6,13-15H,2-4,7-12H2,1H3. The van der Waals surface area contributed by atoms with Crippen molar-refractivity contribution in [2.45, 2.75) is 37.8 Å². The van der Waals surface area contributed by atoms with Gasteiger partial charge in [-0.15, -0.1) is 0 Å². The van der Waals surface area contributed by atoms with Crippen LogP contribution in [0.1, 0.15) is 25.7 Å². The van der Waals surface area contributed by atoms with Crippen LogP contribution < -0.4 is 9.47 Å². The van der Waals surface area contributed by atoms with Gasteiger partial charge in [0.05, 0.1) is 19.6 Å². The van der Waals surface area contributed by atoms with E-state index in [1.807, 2.05) is 4.90 Å². The molecule has 0 aromatic carbocycles. The summed E-state index contributed by atoms with van der Waals surface area (Å²) < 4.78 is 16.4. The van der Waals surface area contributed by atoms with Crippen molar-refractivity contribution in [3.8, 4) is 11.8 Å². The molecule has 0 saturated carbocycles. The van der Waals surface area contributed by atoms with Gasteiger partial charge >= 0.3 is 0 Å². The summed E-state index contributed by atoms with van der Waals surface area (Å²) in [6.07, 6.45) is 5.66. The predicted octanol–water partition coefficient (Wildman–Crippen LogP) is 0.492. The minimum atomic E-state index is -0.264. The van der Waals surface area contributed by atoms with Crippen molar-refractivity contribution >= 4 is 11.8 Å². The highest BCUT2D eigenvalue weighted by Gasteiger charge is 2.41. The molecule has 9 nitrogen and oxygen atoms in total. The van der Waals surface area contributed by atoms with E-state index in [1.54, 1.807) is 11.1 Å². The highest BCUT2D eigenvalue weighted by molar-refractivity contribution is 5.89. The number of carbonyl (C=O) groups excluding carboxylic acids is 2. The lowest BCUT2D eigenvalue weighted by Crippen LogP contribution is -2.42. The maximum Gasteiger partial charge on any atom is 0.278 e. The molecule has 0 N–H and O–H groups in total. The van der Waals surface area contributed by atoms with Gasteiger partial charge in [-0.3, -0.25) is 9.59 Å². The molecule has 3 saturated heterocycles. The number of methoxy groups -OCH3 is 1.